The van der Waals surface area contributed by atoms with E-state index in [9.17, 15) is 9.59 Å². The van der Waals surface area contributed by atoms with Crippen molar-refractivity contribution in [3.05, 3.63) is 50.8 Å². The van der Waals surface area contributed by atoms with E-state index in [-0.39, 0.29) is 5.69 Å². The first-order chi connectivity index (χ1) is 9.11. The zero-order chi connectivity index (χ0) is 13.8. The summed E-state index contributed by atoms with van der Waals surface area (Å²) in [7, 11) is 0. The SMILES string of the molecule is CCn1ccn(Cc2sccc2/C=C/C(=O)O)c1=O. The maximum atomic E-state index is 11.9. The van der Waals surface area contributed by atoms with Gasteiger partial charge in [0.05, 0.1) is 6.54 Å². The van der Waals surface area contributed by atoms with Crippen LogP contribution in [-0.2, 0) is 17.9 Å². The van der Waals surface area contributed by atoms with Gasteiger partial charge in [0.1, 0.15) is 0 Å². The van der Waals surface area contributed by atoms with Crippen molar-refractivity contribution < 1.29 is 9.90 Å². The van der Waals surface area contributed by atoms with Gasteiger partial charge in [-0.1, -0.05) is 0 Å². The molecule has 6 heteroatoms. The van der Waals surface area contributed by atoms with Crippen LogP contribution in [-0.4, -0.2) is 20.2 Å². The molecule has 0 aliphatic heterocycles. The van der Waals surface area contributed by atoms with Crippen molar-refractivity contribution in [2.24, 2.45) is 0 Å². The predicted molar refractivity (Wildman–Crippen MR) is 74.5 cm³/mol. The average molecular weight is 278 g/mol. The van der Waals surface area contributed by atoms with Crippen LogP contribution >= 0.6 is 11.3 Å². The Kier molecular flexibility index (Phi) is 4.01. The topological polar surface area (TPSA) is 64.2 Å². The van der Waals surface area contributed by atoms with Crippen LogP contribution in [0.1, 0.15) is 17.4 Å². The molecule has 2 aromatic rings. The Balaban J connectivity index is 2.24. The van der Waals surface area contributed by atoms with Crippen LogP contribution in [0.5, 0.6) is 0 Å². The van der Waals surface area contributed by atoms with Crippen LogP contribution in [0.3, 0.4) is 0 Å². The lowest BCUT2D eigenvalue weighted by Gasteiger charge is -2.01. The van der Waals surface area contributed by atoms with Crippen molar-refractivity contribution in [3.63, 3.8) is 0 Å². The fraction of sp³-hybridized carbons (Fsp3) is 0.231. The highest BCUT2D eigenvalue weighted by Crippen LogP contribution is 2.19. The second-order valence-electron chi connectivity index (χ2n) is 3.97. The molecule has 0 unspecified atom stereocenters. The van der Waals surface area contributed by atoms with Gasteiger partial charge in [0, 0.05) is 29.9 Å². The molecule has 0 spiro atoms. The van der Waals surface area contributed by atoms with Crippen molar-refractivity contribution in [3.8, 4) is 0 Å². The smallest absolute Gasteiger partial charge is 0.328 e. The van der Waals surface area contributed by atoms with Gasteiger partial charge in [0.2, 0.25) is 0 Å². The molecule has 1 N–H and O–H groups in total. The summed E-state index contributed by atoms with van der Waals surface area (Å²) in [6.07, 6.45) is 6.15. The van der Waals surface area contributed by atoms with Crippen molar-refractivity contribution in [2.75, 3.05) is 0 Å². The monoisotopic (exact) mass is 278 g/mol. The molecule has 2 rings (SSSR count). The number of thiophene rings is 1. The first-order valence-electron chi connectivity index (χ1n) is 5.84. The predicted octanol–water partition coefficient (Wildman–Crippen LogP) is 1.88. The molecule has 0 aromatic carbocycles. The Morgan fingerprint density at radius 1 is 1.42 bits per heavy atom. The normalized spacial score (nSPS) is 11.2. The van der Waals surface area contributed by atoms with Crippen molar-refractivity contribution in [2.45, 2.75) is 20.0 Å². The lowest BCUT2D eigenvalue weighted by molar-refractivity contribution is -0.131. The summed E-state index contributed by atoms with van der Waals surface area (Å²) in [5, 5.41) is 10.5. The van der Waals surface area contributed by atoms with E-state index in [1.165, 1.54) is 11.3 Å². The zero-order valence-electron chi connectivity index (χ0n) is 10.4. The molecule has 0 aliphatic carbocycles. The van der Waals surface area contributed by atoms with Gasteiger partial charge in [-0.25, -0.2) is 9.59 Å². The van der Waals surface area contributed by atoms with Crippen molar-refractivity contribution in [1.82, 2.24) is 9.13 Å². The Hall–Kier alpha value is -2.08. The van der Waals surface area contributed by atoms with Gasteiger partial charge in [-0.05, 0) is 30.0 Å². The number of carboxylic acid groups (broad SMARTS) is 1. The van der Waals surface area contributed by atoms with Crippen LogP contribution < -0.4 is 5.69 Å². The van der Waals surface area contributed by atoms with E-state index in [1.807, 2.05) is 18.4 Å². The second-order valence-corrected chi connectivity index (χ2v) is 4.97. The van der Waals surface area contributed by atoms with E-state index in [4.69, 9.17) is 5.11 Å². The number of aliphatic carboxylic acids is 1. The maximum Gasteiger partial charge on any atom is 0.328 e. The molecule has 0 atom stereocenters. The van der Waals surface area contributed by atoms with E-state index in [0.717, 1.165) is 16.5 Å². The van der Waals surface area contributed by atoms with Gasteiger partial charge >= 0.3 is 11.7 Å². The number of aromatic nitrogens is 2. The lowest BCUT2D eigenvalue weighted by Crippen LogP contribution is -2.23. The number of hydrogen-bond donors (Lipinski definition) is 1. The summed E-state index contributed by atoms with van der Waals surface area (Å²) in [6.45, 7) is 3.02. The molecular weight excluding hydrogens is 264 g/mol. The molecule has 100 valence electrons. The standard InChI is InChI=1S/C13H14N2O3S/c1-2-14-6-7-15(13(14)18)9-11-10(5-8-19-11)3-4-12(16)17/h3-8H,2,9H2,1H3,(H,16,17)/b4-3+. The molecule has 2 aromatic heterocycles. The van der Waals surface area contributed by atoms with Crippen LogP contribution in [0, 0.1) is 0 Å². The number of nitrogens with zero attached hydrogens (tertiary/aromatic N) is 2. The summed E-state index contributed by atoms with van der Waals surface area (Å²) in [4.78, 5) is 23.4. The number of carboxylic acids is 1. The molecule has 0 amide bonds. The fourth-order valence-electron chi connectivity index (χ4n) is 1.76. The van der Waals surface area contributed by atoms with Crippen LogP contribution in [0.4, 0.5) is 0 Å². The molecule has 0 aliphatic rings. The number of hydrogen-bond acceptors (Lipinski definition) is 3. The molecule has 0 saturated heterocycles. The second kappa shape index (κ2) is 5.71. The highest BCUT2D eigenvalue weighted by molar-refractivity contribution is 7.10. The molecule has 0 radical (unpaired) electrons. The highest BCUT2D eigenvalue weighted by Gasteiger charge is 2.06. The molecule has 0 fully saturated rings. The highest BCUT2D eigenvalue weighted by atomic mass is 32.1. The number of imidazole rings is 1. The minimum absolute atomic E-state index is 0.0518. The third-order valence-corrected chi connectivity index (χ3v) is 3.68. The van der Waals surface area contributed by atoms with Crippen LogP contribution in [0.15, 0.2) is 34.7 Å². The van der Waals surface area contributed by atoms with E-state index >= 15 is 0 Å². The Bertz CT molecular complexity index is 663. The van der Waals surface area contributed by atoms with E-state index in [2.05, 4.69) is 0 Å². The van der Waals surface area contributed by atoms with Gasteiger partial charge in [-0.2, -0.15) is 0 Å². The first kappa shape index (κ1) is 13.4. The van der Waals surface area contributed by atoms with Crippen molar-refractivity contribution in [1.29, 1.82) is 0 Å². The number of rotatable bonds is 5. The van der Waals surface area contributed by atoms with Gasteiger partial charge in [0.15, 0.2) is 0 Å². The maximum absolute atomic E-state index is 11.9. The molecule has 5 nitrogen and oxygen atoms in total. The third-order valence-electron chi connectivity index (χ3n) is 2.76. The van der Waals surface area contributed by atoms with Crippen LogP contribution in [0.25, 0.3) is 6.08 Å². The number of carbonyl (C=O) groups is 1. The average Bonchev–Trinajstić information content (AvgIpc) is 2.95. The quantitative estimate of drug-likeness (QED) is 0.849. The molecule has 0 bridgehead atoms. The summed E-state index contributed by atoms with van der Waals surface area (Å²) < 4.78 is 3.24. The Labute approximate surface area is 114 Å². The number of aryl methyl sites for hydroxylation is 1. The fourth-order valence-corrected chi connectivity index (χ4v) is 2.62. The molecule has 19 heavy (non-hydrogen) atoms. The summed E-state index contributed by atoms with van der Waals surface area (Å²) in [6, 6.07) is 1.85. The van der Waals surface area contributed by atoms with Crippen LogP contribution in [0.2, 0.25) is 0 Å². The Morgan fingerprint density at radius 3 is 2.79 bits per heavy atom. The summed E-state index contributed by atoms with van der Waals surface area (Å²) >= 11 is 1.51. The molecular formula is C13H14N2O3S. The lowest BCUT2D eigenvalue weighted by atomic mass is 10.2. The zero-order valence-corrected chi connectivity index (χ0v) is 11.3. The van der Waals surface area contributed by atoms with Gasteiger partial charge in [-0.15, -0.1) is 11.3 Å². The van der Waals surface area contributed by atoms with E-state index in [0.29, 0.717) is 13.1 Å². The minimum Gasteiger partial charge on any atom is -0.478 e. The van der Waals surface area contributed by atoms with E-state index < -0.39 is 5.97 Å². The Morgan fingerprint density at radius 2 is 2.16 bits per heavy atom. The van der Waals surface area contributed by atoms with Gasteiger partial charge in [0.25, 0.3) is 0 Å². The third kappa shape index (κ3) is 3.03. The minimum atomic E-state index is -0.980. The van der Waals surface area contributed by atoms with Crippen molar-refractivity contribution >= 4 is 23.4 Å². The molecule has 2 heterocycles. The molecule has 0 saturated carbocycles. The van der Waals surface area contributed by atoms with E-state index in [1.54, 1.807) is 27.6 Å². The first-order valence-corrected chi connectivity index (χ1v) is 6.72. The summed E-state index contributed by atoms with van der Waals surface area (Å²) in [5.74, 6) is -0.980. The summed E-state index contributed by atoms with van der Waals surface area (Å²) in [5.41, 5.74) is 0.785. The van der Waals surface area contributed by atoms with Gasteiger partial charge in [-0.3, -0.25) is 9.13 Å². The largest absolute Gasteiger partial charge is 0.478 e. The van der Waals surface area contributed by atoms with Gasteiger partial charge < -0.3 is 5.11 Å².